The van der Waals surface area contributed by atoms with Gasteiger partial charge < -0.3 is 5.32 Å². The van der Waals surface area contributed by atoms with E-state index in [-0.39, 0.29) is 8.76 Å². The molecular formula is C9H23NO. The third-order valence-electron chi connectivity index (χ3n) is 1.98. The molecule has 1 N–H and O–H groups in total. The van der Waals surface area contributed by atoms with Gasteiger partial charge in [0.2, 0.25) is 5.91 Å². The third kappa shape index (κ3) is 2.91. The molecule has 1 heterocycles. The monoisotopic (exact) mass is 161 g/mol. The van der Waals surface area contributed by atoms with Crippen molar-refractivity contribution in [2.45, 2.75) is 46.6 Å². The predicted octanol–water partition coefficient (Wildman–Crippen LogP) is 2.44. The van der Waals surface area contributed by atoms with Gasteiger partial charge in [-0.2, -0.15) is 0 Å². The summed E-state index contributed by atoms with van der Waals surface area (Å²) in [6.07, 6.45) is 1.78. The third-order valence-corrected chi connectivity index (χ3v) is 1.98. The van der Waals surface area contributed by atoms with E-state index in [9.17, 15) is 4.79 Å². The number of amides is 1. The van der Waals surface area contributed by atoms with E-state index in [1.807, 2.05) is 13.8 Å². The minimum Gasteiger partial charge on any atom is -0.353 e. The van der Waals surface area contributed by atoms with E-state index < -0.39 is 0 Å². The number of carbonyl (C=O) groups excluding carboxylic acids is 1. The van der Waals surface area contributed by atoms with Gasteiger partial charge in [-0.1, -0.05) is 27.7 Å². The summed E-state index contributed by atoms with van der Waals surface area (Å²) in [6, 6.07) is 0.442. The molecule has 1 fully saturated rings. The molecule has 70 valence electrons. The van der Waals surface area contributed by atoms with Gasteiger partial charge >= 0.3 is 0 Å². The smallest absolute Gasteiger partial charge is 0.220 e. The van der Waals surface area contributed by atoms with Crippen LogP contribution < -0.4 is 5.32 Å². The predicted molar refractivity (Wildman–Crippen MR) is 51.6 cm³/mol. The summed E-state index contributed by atoms with van der Waals surface area (Å²) in [6.45, 7) is 8.22. The number of hydrogen-bond acceptors (Lipinski definition) is 1. The molecule has 1 amide bonds. The summed E-state index contributed by atoms with van der Waals surface area (Å²) in [5.74, 6) is 0.761. The summed E-state index contributed by atoms with van der Waals surface area (Å²) in [5.41, 5.74) is 0. The van der Waals surface area contributed by atoms with Crippen LogP contribution >= 0.6 is 0 Å². The van der Waals surface area contributed by atoms with E-state index in [2.05, 4.69) is 19.2 Å². The highest BCUT2D eigenvalue weighted by molar-refractivity contribution is 5.78. The maximum absolute atomic E-state index is 10.7. The lowest BCUT2D eigenvalue weighted by Gasteiger charge is -2.10. The topological polar surface area (TPSA) is 29.1 Å². The molecule has 0 bridgehead atoms. The molecule has 0 radical (unpaired) electrons. The molecule has 0 spiro atoms. The van der Waals surface area contributed by atoms with E-state index in [1.165, 1.54) is 0 Å². The molecule has 1 rings (SSSR count). The Balaban J connectivity index is -0.000000234. The van der Waals surface area contributed by atoms with Crippen LogP contribution in [0.25, 0.3) is 0 Å². The Morgan fingerprint density at radius 3 is 2.36 bits per heavy atom. The van der Waals surface area contributed by atoms with Crippen molar-refractivity contribution >= 4 is 5.91 Å². The highest BCUT2D eigenvalue weighted by atomic mass is 16.1. The van der Waals surface area contributed by atoms with Gasteiger partial charge in [-0.15, -0.1) is 0 Å². The summed E-state index contributed by atoms with van der Waals surface area (Å²) in [7, 11) is 0. The molecule has 1 unspecified atom stereocenters. The standard InChI is InChI=1S/C7H13NO.C2H6.2H2/c1-3-6-5(2)4-7(9)8-6;1-2;;/h5-6H,3-4H2,1-2H3,(H,8,9);1-2H3;2*1H/t5-,6?;;;/m1.../s1. The van der Waals surface area contributed by atoms with E-state index >= 15 is 0 Å². The Morgan fingerprint density at radius 2 is 2.18 bits per heavy atom. The van der Waals surface area contributed by atoms with Crippen molar-refractivity contribution in [3.63, 3.8) is 0 Å². The largest absolute Gasteiger partial charge is 0.353 e. The minimum atomic E-state index is 0. The first-order chi connectivity index (χ1) is 5.24. The normalized spacial score (nSPS) is 28.9. The van der Waals surface area contributed by atoms with E-state index in [1.54, 1.807) is 0 Å². The summed E-state index contributed by atoms with van der Waals surface area (Å²) in [5, 5.41) is 2.91. The second kappa shape index (κ2) is 5.16. The van der Waals surface area contributed by atoms with Crippen LogP contribution in [0.4, 0.5) is 0 Å². The van der Waals surface area contributed by atoms with Crippen LogP contribution in [-0.2, 0) is 4.79 Å². The Labute approximate surface area is 72.3 Å². The van der Waals surface area contributed by atoms with Gasteiger partial charge in [0.25, 0.3) is 0 Å². The van der Waals surface area contributed by atoms with Crippen molar-refractivity contribution < 1.29 is 7.65 Å². The van der Waals surface area contributed by atoms with Gasteiger partial charge in [-0.3, -0.25) is 4.79 Å². The van der Waals surface area contributed by atoms with Crippen molar-refractivity contribution in [3.05, 3.63) is 0 Å². The van der Waals surface area contributed by atoms with Crippen LogP contribution in [0.5, 0.6) is 0 Å². The van der Waals surface area contributed by atoms with Crippen molar-refractivity contribution in [3.8, 4) is 0 Å². The summed E-state index contributed by atoms with van der Waals surface area (Å²) < 4.78 is 0. The van der Waals surface area contributed by atoms with Crippen LogP contribution in [0, 0.1) is 5.92 Å². The van der Waals surface area contributed by atoms with Gasteiger partial charge in [0.1, 0.15) is 0 Å². The molecule has 11 heavy (non-hydrogen) atoms. The quantitative estimate of drug-likeness (QED) is 0.629. The second-order valence-corrected chi connectivity index (χ2v) is 2.76. The van der Waals surface area contributed by atoms with Crippen molar-refractivity contribution in [2.75, 3.05) is 0 Å². The first-order valence-corrected chi connectivity index (χ1v) is 4.53. The number of hydrogen-bond donors (Lipinski definition) is 1. The Bertz CT molecular complexity index is 131. The first kappa shape index (κ1) is 10.5. The van der Waals surface area contributed by atoms with Gasteiger partial charge in [0.05, 0.1) is 0 Å². The maximum Gasteiger partial charge on any atom is 0.220 e. The van der Waals surface area contributed by atoms with Crippen molar-refractivity contribution in [1.29, 1.82) is 0 Å². The highest BCUT2D eigenvalue weighted by Crippen LogP contribution is 2.17. The molecule has 0 aromatic carbocycles. The Kier molecular flexibility index (Phi) is 4.92. The fourth-order valence-electron chi connectivity index (χ4n) is 1.35. The van der Waals surface area contributed by atoms with Crippen LogP contribution in [-0.4, -0.2) is 11.9 Å². The SMILES string of the molecule is CC.CCC1NC(=O)C[C@H]1C.[HH].[HH]. The van der Waals surface area contributed by atoms with Crippen LogP contribution in [0.1, 0.15) is 43.4 Å². The lowest BCUT2D eigenvalue weighted by Crippen LogP contribution is -2.26. The second-order valence-electron chi connectivity index (χ2n) is 2.76. The van der Waals surface area contributed by atoms with Gasteiger partial charge in [-0.25, -0.2) is 0 Å². The molecule has 1 aliphatic rings. The Hall–Kier alpha value is -0.530. The zero-order valence-electron chi connectivity index (χ0n) is 7.98. The number of nitrogens with one attached hydrogen (secondary N) is 1. The van der Waals surface area contributed by atoms with Gasteiger partial charge in [0, 0.05) is 15.3 Å². The van der Waals surface area contributed by atoms with E-state index in [0.29, 0.717) is 12.0 Å². The Morgan fingerprint density at radius 1 is 1.64 bits per heavy atom. The van der Waals surface area contributed by atoms with Crippen molar-refractivity contribution in [2.24, 2.45) is 5.92 Å². The molecule has 0 aromatic heterocycles. The van der Waals surface area contributed by atoms with Gasteiger partial charge in [0.15, 0.2) is 0 Å². The molecule has 0 saturated carbocycles. The molecule has 1 aliphatic heterocycles. The fraction of sp³-hybridized carbons (Fsp3) is 0.889. The number of carbonyl (C=O) groups is 1. The van der Waals surface area contributed by atoms with Crippen LogP contribution in [0.15, 0.2) is 0 Å². The van der Waals surface area contributed by atoms with Crippen LogP contribution in [0.2, 0.25) is 0 Å². The molecule has 2 atom stereocenters. The summed E-state index contributed by atoms with van der Waals surface area (Å²) in [4.78, 5) is 10.7. The fourth-order valence-corrected chi connectivity index (χ4v) is 1.35. The lowest BCUT2D eigenvalue weighted by atomic mass is 10.0. The maximum atomic E-state index is 10.7. The molecule has 2 heteroatoms. The van der Waals surface area contributed by atoms with E-state index in [0.717, 1.165) is 12.8 Å². The molecule has 1 saturated heterocycles. The average Bonchev–Trinajstić information content (AvgIpc) is 2.33. The zero-order valence-corrected chi connectivity index (χ0v) is 7.98. The number of rotatable bonds is 1. The molecular weight excluding hydrogens is 138 g/mol. The minimum absolute atomic E-state index is 0. The van der Waals surface area contributed by atoms with Crippen molar-refractivity contribution in [1.82, 2.24) is 5.32 Å². The molecule has 0 aromatic rings. The first-order valence-electron chi connectivity index (χ1n) is 4.53. The highest BCUT2D eigenvalue weighted by Gasteiger charge is 2.26. The molecule has 0 aliphatic carbocycles. The van der Waals surface area contributed by atoms with E-state index in [4.69, 9.17) is 0 Å². The van der Waals surface area contributed by atoms with Gasteiger partial charge in [-0.05, 0) is 12.3 Å². The lowest BCUT2D eigenvalue weighted by molar-refractivity contribution is -0.119. The zero-order chi connectivity index (χ0) is 8.85. The summed E-state index contributed by atoms with van der Waals surface area (Å²) >= 11 is 0. The van der Waals surface area contributed by atoms with Crippen LogP contribution in [0.3, 0.4) is 0 Å². The average molecular weight is 161 g/mol. The molecule has 2 nitrogen and oxygen atoms in total.